The fourth-order valence-corrected chi connectivity index (χ4v) is 4.24. The molecule has 38 heavy (non-hydrogen) atoms. The van der Waals surface area contributed by atoms with Gasteiger partial charge in [0.2, 0.25) is 0 Å². The molecule has 3 aromatic carbocycles. The summed E-state index contributed by atoms with van der Waals surface area (Å²) in [4.78, 5) is 28.0. The lowest BCUT2D eigenvalue weighted by atomic mass is 10.0. The van der Waals surface area contributed by atoms with Crippen molar-refractivity contribution in [2.75, 3.05) is 39.2 Å². The van der Waals surface area contributed by atoms with E-state index in [1.54, 1.807) is 61.5 Å². The molecule has 3 aromatic rings. The van der Waals surface area contributed by atoms with Crippen LogP contribution in [0.2, 0.25) is 0 Å². The third-order valence-electron chi connectivity index (χ3n) is 6.58. The minimum absolute atomic E-state index is 0.0864. The first kappa shape index (κ1) is 27.2. The molecule has 0 aliphatic carbocycles. The van der Waals surface area contributed by atoms with Crippen LogP contribution < -0.4 is 20.1 Å². The summed E-state index contributed by atoms with van der Waals surface area (Å²) in [5.74, 6) is 1.53. The lowest BCUT2D eigenvalue weighted by molar-refractivity contribution is 0.0281. The lowest BCUT2D eigenvalue weighted by Gasteiger charge is -2.30. The zero-order chi connectivity index (χ0) is 27.1. The average Bonchev–Trinajstić information content (AvgIpc) is 2.93. The molecule has 2 amide bonds. The summed E-state index contributed by atoms with van der Waals surface area (Å²) in [6.07, 6.45) is -0.121. The van der Waals surface area contributed by atoms with Crippen LogP contribution >= 0.6 is 0 Å². The SMILES string of the molecule is CO[C@H]1CN(C)C(=O)c2cc(NC(=O)c3ccc(Oc4ccccc4)cc3)ccc2OC[C@H](C)NC[C@H]1C. The van der Waals surface area contributed by atoms with Gasteiger partial charge in [0.05, 0.1) is 11.7 Å². The summed E-state index contributed by atoms with van der Waals surface area (Å²) in [5, 5.41) is 6.36. The molecule has 0 saturated carbocycles. The van der Waals surface area contributed by atoms with E-state index < -0.39 is 0 Å². The molecule has 3 atom stereocenters. The molecule has 0 bridgehead atoms. The van der Waals surface area contributed by atoms with Crippen LogP contribution in [0.15, 0.2) is 72.8 Å². The van der Waals surface area contributed by atoms with Crippen molar-refractivity contribution >= 4 is 17.5 Å². The van der Waals surface area contributed by atoms with Crippen molar-refractivity contribution in [1.82, 2.24) is 10.2 Å². The molecule has 0 aromatic heterocycles. The number of methoxy groups -OCH3 is 1. The van der Waals surface area contributed by atoms with Crippen LogP contribution in [0.3, 0.4) is 0 Å². The molecule has 1 aliphatic heterocycles. The molecule has 0 spiro atoms. The van der Waals surface area contributed by atoms with Crippen molar-refractivity contribution < 1.29 is 23.8 Å². The summed E-state index contributed by atoms with van der Waals surface area (Å²) in [6.45, 7) is 5.72. The van der Waals surface area contributed by atoms with E-state index in [1.165, 1.54) is 0 Å². The molecule has 8 heteroatoms. The van der Waals surface area contributed by atoms with Crippen LogP contribution in [-0.4, -0.2) is 62.7 Å². The summed E-state index contributed by atoms with van der Waals surface area (Å²) in [6, 6.07) is 21.5. The quantitative estimate of drug-likeness (QED) is 0.504. The Labute approximate surface area is 223 Å². The summed E-state index contributed by atoms with van der Waals surface area (Å²) in [5.41, 5.74) is 1.35. The molecule has 2 N–H and O–H groups in total. The highest BCUT2D eigenvalue weighted by molar-refractivity contribution is 6.05. The number of likely N-dealkylation sites (N-methyl/N-ethyl adjacent to an activating group) is 1. The maximum Gasteiger partial charge on any atom is 0.257 e. The number of hydrogen-bond acceptors (Lipinski definition) is 6. The van der Waals surface area contributed by atoms with Gasteiger partial charge in [-0.2, -0.15) is 0 Å². The second-order valence-corrected chi connectivity index (χ2v) is 9.66. The Morgan fingerprint density at radius 3 is 2.45 bits per heavy atom. The van der Waals surface area contributed by atoms with E-state index in [2.05, 4.69) is 17.6 Å². The molecule has 0 radical (unpaired) electrons. The number of benzene rings is 3. The maximum atomic E-state index is 13.4. The van der Waals surface area contributed by atoms with Gasteiger partial charge in [-0.05, 0) is 67.4 Å². The normalized spacial score (nSPS) is 20.4. The van der Waals surface area contributed by atoms with Gasteiger partial charge in [0.15, 0.2) is 0 Å². The van der Waals surface area contributed by atoms with E-state index in [9.17, 15) is 9.59 Å². The first-order valence-electron chi connectivity index (χ1n) is 12.8. The standard InChI is InChI=1S/C30H35N3O5/c1-20-17-31-21(2)19-37-27-15-12-23(16-26(27)30(35)33(3)18-28(20)36-4)32-29(34)22-10-13-25(14-11-22)38-24-8-6-5-7-9-24/h5-16,20-21,28,31H,17-19H2,1-4H3,(H,32,34)/t20-,21+,28+/m1/s1. The smallest absolute Gasteiger partial charge is 0.257 e. The number of ether oxygens (including phenoxy) is 3. The van der Waals surface area contributed by atoms with Gasteiger partial charge in [0.1, 0.15) is 23.9 Å². The van der Waals surface area contributed by atoms with Crippen LogP contribution in [0.5, 0.6) is 17.2 Å². The van der Waals surface area contributed by atoms with Crippen molar-refractivity contribution in [2.24, 2.45) is 5.92 Å². The van der Waals surface area contributed by atoms with Gasteiger partial charge in [-0.1, -0.05) is 25.1 Å². The van der Waals surface area contributed by atoms with Crippen molar-refractivity contribution in [1.29, 1.82) is 0 Å². The van der Waals surface area contributed by atoms with E-state index in [-0.39, 0.29) is 29.9 Å². The van der Waals surface area contributed by atoms with Gasteiger partial charge in [0.25, 0.3) is 11.8 Å². The van der Waals surface area contributed by atoms with Gasteiger partial charge in [0, 0.05) is 44.5 Å². The topological polar surface area (TPSA) is 89.1 Å². The molecular formula is C30H35N3O5. The first-order chi connectivity index (χ1) is 18.3. The van der Waals surface area contributed by atoms with Gasteiger partial charge in [-0.25, -0.2) is 0 Å². The fourth-order valence-electron chi connectivity index (χ4n) is 4.24. The van der Waals surface area contributed by atoms with Crippen LogP contribution in [0.25, 0.3) is 0 Å². The molecule has 0 unspecified atom stereocenters. The Hall–Kier alpha value is -3.88. The van der Waals surface area contributed by atoms with Gasteiger partial charge in [-0.15, -0.1) is 0 Å². The number of fused-ring (bicyclic) bond motifs is 1. The third kappa shape index (κ3) is 6.90. The van der Waals surface area contributed by atoms with Crippen molar-refractivity contribution in [2.45, 2.75) is 26.0 Å². The number of carbonyl (C=O) groups is 2. The highest BCUT2D eigenvalue weighted by Crippen LogP contribution is 2.27. The highest BCUT2D eigenvalue weighted by atomic mass is 16.5. The Kier molecular flexibility index (Phi) is 8.99. The van der Waals surface area contributed by atoms with Crippen LogP contribution in [0, 0.1) is 5.92 Å². The van der Waals surface area contributed by atoms with E-state index in [0.29, 0.717) is 41.5 Å². The summed E-state index contributed by atoms with van der Waals surface area (Å²) in [7, 11) is 3.41. The number of amides is 2. The molecule has 1 aliphatic rings. The largest absolute Gasteiger partial charge is 0.491 e. The lowest BCUT2D eigenvalue weighted by Crippen LogP contribution is -2.44. The third-order valence-corrected chi connectivity index (χ3v) is 6.58. The highest BCUT2D eigenvalue weighted by Gasteiger charge is 2.25. The van der Waals surface area contributed by atoms with Crippen LogP contribution in [0.1, 0.15) is 34.6 Å². The monoisotopic (exact) mass is 517 g/mol. The fraction of sp³-hybridized carbons (Fsp3) is 0.333. The van der Waals surface area contributed by atoms with Crippen molar-refractivity contribution in [3.63, 3.8) is 0 Å². The van der Waals surface area contributed by atoms with Gasteiger partial charge < -0.3 is 29.7 Å². The molecule has 0 saturated heterocycles. The molecule has 4 rings (SSSR count). The summed E-state index contributed by atoms with van der Waals surface area (Å²) < 4.78 is 17.5. The number of nitrogens with one attached hydrogen (secondary N) is 2. The Bertz CT molecular complexity index is 1230. The Balaban J connectivity index is 1.51. The number of para-hydroxylation sites is 1. The van der Waals surface area contributed by atoms with E-state index in [4.69, 9.17) is 14.2 Å². The van der Waals surface area contributed by atoms with E-state index in [1.807, 2.05) is 37.3 Å². The molecule has 1 heterocycles. The minimum Gasteiger partial charge on any atom is -0.491 e. The number of nitrogens with zero attached hydrogens (tertiary/aromatic N) is 1. The second kappa shape index (κ2) is 12.6. The Morgan fingerprint density at radius 2 is 1.74 bits per heavy atom. The average molecular weight is 518 g/mol. The van der Waals surface area contributed by atoms with E-state index >= 15 is 0 Å². The number of hydrogen-bond donors (Lipinski definition) is 2. The molecule has 0 fully saturated rings. The first-order valence-corrected chi connectivity index (χ1v) is 12.8. The van der Waals surface area contributed by atoms with Crippen molar-refractivity contribution in [3.05, 3.63) is 83.9 Å². The zero-order valence-corrected chi connectivity index (χ0v) is 22.3. The summed E-state index contributed by atoms with van der Waals surface area (Å²) >= 11 is 0. The predicted octanol–water partition coefficient (Wildman–Crippen LogP) is 4.82. The minimum atomic E-state index is -0.294. The van der Waals surface area contributed by atoms with Crippen molar-refractivity contribution in [3.8, 4) is 17.2 Å². The van der Waals surface area contributed by atoms with Crippen LogP contribution in [0.4, 0.5) is 5.69 Å². The zero-order valence-electron chi connectivity index (χ0n) is 22.3. The number of anilines is 1. The van der Waals surface area contributed by atoms with Crippen LogP contribution in [-0.2, 0) is 4.74 Å². The van der Waals surface area contributed by atoms with Gasteiger partial charge in [-0.3, -0.25) is 9.59 Å². The number of rotatable bonds is 5. The van der Waals surface area contributed by atoms with E-state index in [0.717, 1.165) is 12.3 Å². The second-order valence-electron chi connectivity index (χ2n) is 9.66. The number of carbonyl (C=O) groups excluding carboxylic acids is 2. The predicted molar refractivity (Wildman–Crippen MR) is 147 cm³/mol. The Morgan fingerprint density at radius 1 is 1.03 bits per heavy atom. The molecular weight excluding hydrogens is 482 g/mol. The van der Waals surface area contributed by atoms with Gasteiger partial charge >= 0.3 is 0 Å². The maximum absolute atomic E-state index is 13.4. The molecule has 200 valence electrons. The molecule has 8 nitrogen and oxygen atoms in total.